The predicted octanol–water partition coefficient (Wildman–Crippen LogP) is 6.11. The molecule has 3 aliphatic carbocycles. The van der Waals surface area contributed by atoms with Crippen LogP contribution in [-0.4, -0.2) is 5.25 Å². The molecule has 3 rings (SSSR count). The Hall–Kier alpha value is 0.350. The van der Waals surface area contributed by atoms with Crippen LogP contribution in [0.1, 0.15) is 84.0 Å². The summed E-state index contributed by atoms with van der Waals surface area (Å²) in [7, 11) is 0. The van der Waals surface area contributed by atoms with Crippen molar-refractivity contribution in [3.8, 4) is 0 Å². The van der Waals surface area contributed by atoms with Crippen molar-refractivity contribution in [3.63, 3.8) is 0 Å². The first-order valence-electron chi connectivity index (χ1n) is 9.40. The van der Waals surface area contributed by atoms with Crippen molar-refractivity contribution in [2.75, 3.05) is 0 Å². The molecule has 116 valence electrons. The summed E-state index contributed by atoms with van der Waals surface area (Å²) in [6.45, 7) is 2.45. The van der Waals surface area contributed by atoms with E-state index < -0.39 is 0 Å². The number of thiol groups is 1. The molecule has 0 aromatic carbocycles. The molecular formula is C19H34S. The molecule has 0 aromatic rings. The summed E-state index contributed by atoms with van der Waals surface area (Å²) in [5.41, 5.74) is 0. The zero-order valence-corrected chi connectivity index (χ0v) is 14.3. The monoisotopic (exact) mass is 294 g/mol. The quantitative estimate of drug-likeness (QED) is 0.584. The molecule has 0 nitrogen and oxygen atoms in total. The summed E-state index contributed by atoms with van der Waals surface area (Å²) in [6.07, 6.45) is 18.1. The van der Waals surface area contributed by atoms with Crippen molar-refractivity contribution in [2.24, 2.45) is 29.6 Å². The van der Waals surface area contributed by atoms with Crippen LogP contribution in [0.3, 0.4) is 0 Å². The summed E-state index contributed by atoms with van der Waals surface area (Å²) in [5.74, 6) is 5.35. The molecule has 0 aromatic heterocycles. The van der Waals surface area contributed by atoms with E-state index in [1.54, 1.807) is 38.5 Å². The minimum absolute atomic E-state index is 0.715. The van der Waals surface area contributed by atoms with E-state index in [4.69, 9.17) is 0 Å². The van der Waals surface area contributed by atoms with Gasteiger partial charge in [0.1, 0.15) is 0 Å². The van der Waals surface area contributed by atoms with Gasteiger partial charge in [-0.2, -0.15) is 12.6 Å². The van der Waals surface area contributed by atoms with Crippen molar-refractivity contribution in [1.29, 1.82) is 0 Å². The minimum atomic E-state index is 0.715. The Labute approximate surface area is 131 Å². The molecule has 20 heavy (non-hydrogen) atoms. The predicted molar refractivity (Wildman–Crippen MR) is 91.3 cm³/mol. The highest BCUT2D eigenvalue weighted by Gasteiger charge is 2.33. The third-order valence-corrected chi connectivity index (χ3v) is 7.47. The van der Waals surface area contributed by atoms with E-state index in [2.05, 4.69) is 19.6 Å². The van der Waals surface area contributed by atoms with Gasteiger partial charge in [-0.05, 0) is 93.8 Å². The number of hydrogen-bond acceptors (Lipinski definition) is 1. The molecule has 0 unspecified atom stereocenters. The second-order valence-electron chi connectivity index (χ2n) is 8.26. The Balaban J connectivity index is 1.42. The molecule has 0 heterocycles. The largest absolute Gasteiger partial charge is 0.176 e. The second-order valence-corrected chi connectivity index (χ2v) is 8.99. The Bertz CT molecular complexity index is 246. The van der Waals surface area contributed by atoms with Crippen LogP contribution in [-0.2, 0) is 0 Å². The molecule has 0 spiro atoms. The lowest BCUT2D eigenvalue weighted by Crippen LogP contribution is -2.29. The molecule has 0 N–H and O–H groups in total. The topological polar surface area (TPSA) is 0 Å². The molecule has 0 bridgehead atoms. The minimum Gasteiger partial charge on any atom is -0.176 e. The SMILES string of the molecule is CC1CCC(C2CCC(C3CCC(S)CC3)CC2)CC1. The van der Waals surface area contributed by atoms with Gasteiger partial charge < -0.3 is 0 Å². The van der Waals surface area contributed by atoms with Gasteiger partial charge in [0.15, 0.2) is 0 Å². The van der Waals surface area contributed by atoms with E-state index in [-0.39, 0.29) is 0 Å². The molecule has 3 fully saturated rings. The second kappa shape index (κ2) is 7.07. The summed E-state index contributed by atoms with van der Waals surface area (Å²) in [4.78, 5) is 0. The molecule has 0 aliphatic heterocycles. The Morgan fingerprint density at radius 2 is 0.800 bits per heavy atom. The number of rotatable bonds is 2. The maximum atomic E-state index is 4.66. The van der Waals surface area contributed by atoms with Gasteiger partial charge in [0.2, 0.25) is 0 Å². The normalized spacial score (nSPS) is 47.1. The van der Waals surface area contributed by atoms with Crippen LogP contribution in [0.5, 0.6) is 0 Å². The van der Waals surface area contributed by atoms with Gasteiger partial charge in [0, 0.05) is 5.25 Å². The molecular weight excluding hydrogens is 260 g/mol. The molecule has 3 aliphatic rings. The van der Waals surface area contributed by atoms with Gasteiger partial charge in [0.25, 0.3) is 0 Å². The lowest BCUT2D eigenvalue weighted by atomic mass is 9.66. The van der Waals surface area contributed by atoms with E-state index in [1.165, 1.54) is 38.5 Å². The highest BCUT2D eigenvalue weighted by Crippen LogP contribution is 2.45. The third-order valence-electron chi connectivity index (χ3n) is 6.95. The van der Waals surface area contributed by atoms with E-state index >= 15 is 0 Å². The van der Waals surface area contributed by atoms with Crippen LogP contribution in [0.15, 0.2) is 0 Å². The molecule has 3 saturated carbocycles. The number of hydrogen-bond donors (Lipinski definition) is 1. The summed E-state index contributed by atoms with van der Waals surface area (Å²) < 4.78 is 0. The van der Waals surface area contributed by atoms with Crippen molar-refractivity contribution in [1.82, 2.24) is 0 Å². The van der Waals surface area contributed by atoms with Gasteiger partial charge in [-0.15, -0.1) is 0 Å². The summed E-state index contributed by atoms with van der Waals surface area (Å²) in [5, 5.41) is 0.715. The van der Waals surface area contributed by atoms with E-state index in [1.807, 2.05) is 0 Å². The van der Waals surface area contributed by atoms with Gasteiger partial charge in [-0.25, -0.2) is 0 Å². The van der Waals surface area contributed by atoms with Gasteiger partial charge in [-0.3, -0.25) is 0 Å². The van der Waals surface area contributed by atoms with Crippen LogP contribution < -0.4 is 0 Å². The first kappa shape index (κ1) is 15.3. The van der Waals surface area contributed by atoms with E-state index in [9.17, 15) is 0 Å². The Morgan fingerprint density at radius 3 is 1.20 bits per heavy atom. The fourth-order valence-electron chi connectivity index (χ4n) is 5.42. The average molecular weight is 295 g/mol. The highest BCUT2D eigenvalue weighted by molar-refractivity contribution is 7.80. The smallest absolute Gasteiger partial charge is 0.00170 e. The van der Waals surface area contributed by atoms with Crippen molar-refractivity contribution < 1.29 is 0 Å². The first-order valence-corrected chi connectivity index (χ1v) is 9.92. The van der Waals surface area contributed by atoms with Crippen LogP contribution in [0.25, 0.3) is 0 Å². The molecule has 0 saturated heterocycles. The lowest BCUT2D eigenvalue weighted by Gasteiger charge is -2.40. The first-order chi connectivity index (χ1) is 9.72. The fraction of sp³-hybridized carbons (Fsp3) is 1.00. The Morgan fingerprint density at radius 1 is 0.500 bits per heavy atom. The van der Waals surface area contributed by atoms with Crippen LogP contribution in [0.2, 0.25) is 0 Å². The summed E-state index contributed by atoms with van der Waals surface area (Å²) >= 11 is 4.66. The van der Waals surface area contributed by atoms with Gasteiger partial charge in [-0.1, -0.05) is 19.8 Å². The molecule has 0 amide bonds. The van der Waals surface area contributed by atoms with Gasteiger partial charge >= 0.3 is 0 Å². The van der Waals surface area contributed by atoms with E-state index in [0.29, 0.717) is 5.25 Å². The molecule has 0 atom stereocenters. The van der Waals surface area contributed by atoms with Crippen LogP contribution in [0, 0.1) is 29.6 Å². The zero-order valence-electron chi connectivity index (χ0n) is 13.4. The third kappa shape index (κ3) is 3.76. The Kier molecular flexibility index (Phi) is 5.39. The molecule has 1 heteroatoms. The maximum absolute atomic E-state index is 4.66. The summed E-state index contributed by atoms with van der Waals surface area (Å²) in [6, 6.07) is 0. The van der Waals surface area contributed by atoms with Crippen molar-refractivity contribution >= 4 is 12.6 Å². The van der Waals surface area contributed by atoms with Crippen molar-refractivity contribution in [3.05, 3.63) is 0 Å². The maximum Gasteiger partial charge on any atom is 0.00170 e. The van der Waals surface area contributed by atoms with Crippen molar-refractivity contribution in [2.45, 2.75) is 89.2 Å². The van der Waals surface area contributed by atoms with Crippen LogP contribution in [0.4, 0.5) is 0 Å². The fourth-order valence-corrected chi connectivity index (χ4v) is 5.72. The van der Waals surface area contributed by atoms with Crippen LogP contribution >= 0.6 is 12.6 Å². The average Bonchev–Trinajstić information content (AvgIpc) is 2.49. The van der Waals surface area contributed by atoms with Gasteiger partial charge in [0.05, 0.1) is 0 Å². The molecule has 0 radical (unpaired) electrons. The zero-order chi connectivity index (χ0) is 13.9. The standard InChI is InChI=1S/C19H34S/c1-14-2-4-15(5-3-14)16-6-8-17(9-7-16)18-10-12-19(20)13-11-18/h14-20H,2-13H2,1H3. The lowest BCUT2D eigenvalue weighted by molar-refractivity contribution is 0.115. The van der Waals surface area contributed by atoms with E-state index in [0.717, 1.165) is 29.6 Å². The highest BCUT2D eigenvalue weighted by atomic mass is 32.1.